The first-order valence-electron chi connectivity index (χ1n) is 7.35. The molecular weight excluding hydrogens is 252 g/mol. The van der Waals surface area contributed by atoms with Crippen molar-refractivity contribution in [3.05, 3.63) is 24.5 Å². The lowest BCUT2D eigenvalue weighted by atomic mass is 10.2. The highest BCUT2D eigenvalue weighted by molar-refractivity contribution is 5.78. The Labute approximate surface area is 120 Å². The zero-order valence-corrected chi connectivity index (χ0v) is 12.3. The topological polar surface area (TPSA) is 44.2 Å². The lowest BCUT2D eigenvalue weighted by Crippen LogP contribution is -2.02. The maximum Gasteiger partial charge on any atom is 0.163 e. The van der Waals surface area contributed by atoms with Gasteiger partial charge < -0.3 is 9.47 Å². The minimum absolute atomic E-state index is 0.701. The van der Waals surface area contributed by atoms with E-state index in [4.69, 9.17) is 9.47 Å². The highest BCUT2D eigenvalue weighted by Crippen LogP contribution is 2.31. The molecule has 1 heterocycles. The highest BCUT2D eigenvalue weighted by Gasteiger charge is 2.09. The Morgan fingerprint density at radius 1 is 0.800 bits per heavy atom. The summed E-state index contributed by atoms with van der Waals surface area (Å²) < 4.78 is 11.6. The Bertz CT molecular complexity index is 494. The first kappa shape index (κ1) is 14.6. The second-order valence-corrected chi connectivity index (χ2v) is 4.75. The molecule has 2 rings (SSSR count). The standard InChI is InChI=1S/C16H22N2O2/c1-3-5-9-19-15-11-13-14(18-8-7-17-13)12-16(15)20-10-6-4-2/h7-8,11-12H,3-6,9-10H2,1-2H3. The molecule has 0 fully saturated rings. The number of hydrogen-bond acceptors (Lipinski definition) is 4. The van der Waals surface area contributed by atoms with Crippen molar-refractivity contribution in [1.29, 1.82) is 0 Å². The zero-order valence-electron chi connectivity index (χ0n) is 12.3. The Balaban J connectivity index is 2.21. The van der Waals surface area contributed by atoms with Gasteiger partial charge in [-0.2, -0.15) is 0 Å². The molecule has 0 radical (unpaired) electrons. The maximum absolute atomic E-state index is 5.82. The minimum Gasteiger partial charge on any atom is -0.490 e. The molecule has 0 saturated carbocycles. The molecule has 0 aliphatic heterocycles. The van der Waals surface area contributed by atoms with Gasteiger partial charge in [0, 0.05) is 24.5 Å². The number of aromatic nitrogens is 2. The molecular formula is C16H22N2O2. The summed E-state index contributed by atoms with van der Waals surface area (Å²) in [6, 6.07) is 3.83. The Morgan fingerprint density at radius 3 is 1.65 bits per heavy atom. The van der Waals surface area contributed by atoms with Gasteiger partial charge in [-0.25, -0.2) is 0 Å². The third-order valence-corrected chi connectivity index (χ3v) is 3.05. The molecule has 0 unspecified atom stereocenters. The van der Waals surface area contributed by atoms with E-state index in [9.17, 15) is 0 Å². The number of hydrogen-bond donors (Lipinski definition) is 0. The van der Waals surface area contributed by atoms with Gasteiger partial charge in [0.2, 0.25) is 0 Å². The normalized spacial score (nSPS) is 10.7. The lowest BCUT2D eigenvalue weighted by molar-refractivity contribution is 0.262. The molecule has 1 aromatic heterocycles. The smallest absolute Gasteiger partial charge is 0.163 e. The molecule has 0 atom stereocenters. The van der Waals surface area contributed by atoms with Gasteiger partial charge in [-0.15, -0.1) is 0 Å². The van der Waals surface area contributed by atoms with Crippen molar-refractivity contribution in [2.75, 3.05) is 13.2 Å². The minimum atomic E-state index is 0.701. The van der Waals surface area contributed by atoms with Gasteiger partial charge in [-0.3, -0.25) is 9.97 Å². The van der Waals surface area contributed by atoms with Crippen LogP contribution in [0.4, 0.5) is 0 Å². The summed E-state index contributed by atoms with van der Waals surface area (Å²) >= 11 is 0. The van der Waals surface area contributed by atoms with Crippen molar-refractivity contribution in [3.63, 3.8) is 0 Å². The second kappa shape index (κ2) is 7.68. The van der Waals surface area contributed by atoms with Crippen molar-refractivity contribution >= 4 is 11.0 Å². The van der Waals surface area contributed by atoms with E-state index < -0.39 is 0 Å². The van der Waals surface area contributed by atoms with Gasteiger partial charge in [0.1, 0.15) is 0 Å². The van der Waals surface area contributed by atoms with Crippen molar-refractivity contribution in [1.82, 2.24) is 9.97 Å². The van der Waals surface area contributed by atoms with Crippen LogP contribution >= 0.6 is 0 Å². The summed E-state index contributed by atoms with van der Waals surface area (Å²) in [6.45, 7) is 5.70. The number of benzene rings is 1. The Kier molecular flexibility index (Phi) is 5.59. The van der Waals surface area contributed by atoms with E-state index in [1.54, 1.807) is 12.4 Å². The van der Waals surface area contributed by atoms with E-state index in [0.717, 1.165) is 48.2 Å². The van der Waals surface area contributed by atoms with E-state index in [2.05, 4.69) is 23.8 Å². The molecule has 2 aromatic rings. The van der Waals surface area contributed by atoms with Crippen LogP contribution < -0.4 is 9.47 Å². The third kappa shape index (κ3) is 3.83. The molecule has 1 aromatic carbocycles. The van der Waals surface area contributed by atoms with Crippen molar-refractivity contribution < 1.29 is 9.47 Å². The van der Waals surface area contributed by atoms with Crippen LogP contribution in [0, 0.1) is 0 Å². The van der Waals surface area contributed by atoms with Crippen LogP contribution in [0.2, 0.25) is 0 Å². The van der Waals surface area contributed by atoms with Gasteiger partial charge in [-0.05, 0) is 12.8 Å². The molecule has 0 aliphatic rings. The Morgan fingerprint density at radius 2 is 1.25 bits per heavy atom. The van der Waals surface area contributed by atoms with E-state index >= 15 is 0 Å². The second-order valence-electron chi connectivity index (χ2n) is 4.75. The fourth-order valence-corrected chi connectivity index (χ4v) is 1.85. The molecule has 20 heavy (non-hydrogen) atoms. The van der Waals surface area contributed by atoms with Gasteiger partial charge in [0.25, 0.3) is 0 Å². The molecule has 0 amide bonds. The van der Waals surface area contributed by atoms with Gasteiger partial charge in [-0.1, -0.05) is 26.7 Å². The highest BCUT2D eigenvalue weighted by atomic mass is 16.5. The van der Waals surface area contributed by atoms with E-state index in [1.807, 2.05) is 12.1 Å². The van der Waals surface area contributed by atoms with Gasteiger partial charge in [0.15, 0.2) is 11.5 Å². The van der Waals surface area contributed by atoms with Gasteiger partial charge in [0.05, 0.1) is 24.2 Å². The van der Waals surface area contributed by atoms with Crippen molar-refractivity contribution in [2.45, 2.75) is 39.5 Å². The van der Waals surface area contributed by atoms with Crippen LogP contribution in [-0.4, -0.2) is 23.2 Å². The third-order valence-electron chi connectivity index (χ3n) is 3.05. The summed E-state index contributed by atoms with van der Waals surface area (Å²) in [5, 5.41) is 0. The molecule has 0 saturated heterocycles. The fourth-order valence-electron chi connectivity index (χ4n) is 1.85. The number of ether oxygens (including phenoxy) is 2. The van der Waals surface area contributed by atoms with Crippen LogP contribution in [0.15, 0.2) is 24.5 Å². The fraction of sp³-hybridized carbons (Fsp3) is 0.500. The van der Waals surface area contributed by atoms with Crippen LogP contribution in [0.3, 0.4) is 0 Å². The molecule has 0 aliphatic carbocycles. The summed E-state index contributed by atoms with van der Waals surface area (Å²) in [5.74, 6) is 1.53. The summed E-state index contributed by atoms with van der Waals surface area (Å²) in [6.07, 6.45) is 7.67. The van der Waals surface area contributed by atoms with Crippen LogP contribution in [0.25, 0.3) is 11.0 Å². The van der Waals surface area contributed by atoms with Crippen molar-refractivity contribution in [2.24, 2.45) is 0 Å². The lowest BCUT2D eigenvalue weighted by Gasteiger charge is -2.13. The maximum atomic E-state index is 5.82. The largest absolute Gasteiger partial charge is 0.490 e. The Hall–Kier alpha value is -1.84. The van der Waals surface area contributed by atoms with E-state index in [1.165, 1.54) is 0 Å². The monoisotopic (exact) mass is 274 g/mol. The zero-order chi connectivity index (χ0) is 14.2. The van der Waals surface area contributed by atoms with Crippen LogP contribution in [-0.2, 0) is 0 Å². The molecule has 0 N–H and O–H groups in total. The van der Waals surface area contributed by atoms with Crippen molar-refractivity contribution in [3.8, 4) is 11.5 Å². The summed E-state index contributed by atoms with van der Waals surface area (Å²) in [7, 11) is 0. The predicted molar refractivity (Wildman–Crippen MR) is 80.3 cm³/mol. The summed E-state index contributed by atoms with van der Waals surface area (Å²) in [4.78, 5) is 8.62. The average Bonchev–Trinajstić information content (AvgIpc) is 2.48. The first-order chi connectivity index (χ1) is 9.85. The predicted octanol–water partition coefficient (Wildman–Crippen LogP) is 3.99. The molecule has 4 nitrogen and oxygen atoms in total. The van der Waals surface area contributed by atoms with E-state index in [-0.39, 0.29) is 0 Å². The number of rotatable bonds is 8. The molecule has 0 spiro atoms. The van der Waals surface area contributed by atoms with Crippen LogP contribution in [0.1, 0.15) is 39.5 Å². The van der Waals surface area contributed by atoms with Gasteiger partial charge >= 0.3 is 0 Å². The number of unbranched alkanes of at least 4 members (excludes halogenated alkanes) is 2. The SMILES string of the molecule is CCCCOc1cc2nccnc2cc1OCCCC. The molecule has 0 bridgehead atoms. The van der Waals surface area contributed by atoms with E-state index in [0.29, 0.717) is 13.2 Å². The summed E-state index contributed by atoms with van der Waals surface area (Å²) in [5.41, 5.74) is 1.67. The molecule has 108 valence electrons. The number of fused-ring (bicyclic) bond motifs is 1. The molecule has 4 heteroatoms. The number of nitrogens with zero attached hydrogens (tertiary/aromatic N) is 2. The average molecular weight is 274 g/mol. The first-order valence-corrected chi connectivity index (χ1v) is 7.35. The van der Waals surface area contributed by atoms with Crippen LogP contribution in [0.5, 0.6) is 11.5 Å². The quantitative estimate of drug-likeness (QED) is 0.683.